The third-order valence-electron chi connectivity index (χ3n) is 3.10. The van der Waals surface area contributed by atoms with Gasteiger partial charge in [0.25, 0.3) is 5.89 Å². The van der Waals surface area contributed by atoms with Crippen molar-refractivity contribution in [2.75, 3.05) is 0 Å². The summed E-state index contributed by atoms with van der Waals surface area (Å²) in [5.74, 6) is -0.211. The molecule has 0 saturated heterocycles. The Morgan fingerprint density at radius 1 is 1.50 bits per heavy atom. The highest BCUT2D eigenvalue weighted by Gasteiger charge is 2.15. The number of ether oxygens (including phenoxy) is 1. The van der Waals surface area contributed by atoms with E-state index in [0.29, 0.717) is 5.56 Å². The van der Waals surface area contributed by atoms with E-state index >= 15 is 0 Å². The first-order valence-corrected chi connectivity index (χ1v) is 7.99. The van der Waals surface area contributed by atoms with Gasteiger partial charge in [0.15, 0.2) is 0 Å². The van der Waals surface area contributed by atoms with Crippen LogP contribution in [0.15, 0.2) is 39.4 Å². The van der Waals surface area contributed by atoms with E-state index in [-0.39, 0.29) is 34.2 Å². The van der Waals surface area contributed by atoms with Crippen LogP contribution in [0.2, 0.25) is 5.02 Å². The SMILES string of the molecule is [2H]c1nc(OC([2H])(C)C([2H])[2H])c(Cl)c([2H])c1-c1nc(-c2cccc(Br)c2C)no1. The number of aromatic nitrogens is 3. The van der Waals surface area contributed by atoms with E-state index in [4.69, 9.17) is 27.7 Å². The van der Waals surface area contributed by atoms with Gasteiger partial charge in [-0.15, -0.1) is 0 Å². The zero-order chi connectivity index (χ0) is 21.5. The van der Waals surface area contributed by atoms with Gasteiger partial charge < -0.3 is 9.26 Å². The minimum Gasteiger partial charge on any atom is -0.474 e. The van der Waals surface area contributed by atoms with Gasteiger partial charge in [0.1, 0.15) is 5.02 Å². The molecule has 0 aliphatic heterocycles. The molecule has 0 spiro atoms. The molecule has 0 saturated carbocycles. The minimum absolute atomic E-state index is 0.0891. The van der Waals surface area contributed by atoms with Crippen LogP contribution in [0.25, 0.3) is 22.8 Å². The maximum Gasteiger partial charge on any atom is 0.259 e. The Morgan fingerprint density at radius 3 is 3.12 bits per heavy atom. The number of halogens is 2. The minimum atomic E-state index is -1.98. The molecule has 0 N–H and O–H groups in total. The number of hydrogen-bond donors (Lipinski definition) is 0. The normalized spacial score (nSPS) is 16.6. The predicted molar refractivity (Wildman–Crippen MR) is 96.2 cm³/mol. The van der Waals surface area contributed by atoms with Crippen LogP contribution in [0.3, 0.4) is 0 Å². The van der Waals surface area contributed by atoms with Gasteiger partial charge in [-0.05, 0) is 38.4 Å². The monoisotopic (exact) mass is 412 g/mol. The standard InChI is InChI=1S/C17H15BrClN3O2/c1-9(2)23-17-14(19)7-11(8-20-17)16-21-15(22-24-16)12-5-4-6-13(18)10(12)3/h4-9H,1-3H3/i1D2,7D,8D,9D. The lowest BCUT2D eigenvalue weighted by molar-refractivity contribution is 0.233. The van der Waals surface area contributed by atoms with Crippen LogP contribution in [-0.2, 0) is 0 Å². The molecule has 1 unspecified atom stereocenters. The summed E-state index contributed by atoms with van der Waals surface area (Å²) < 4.78 is 50.2. The molecule has 5 nitrogen and oxygen atoms in total. The van der Waals surface area contributed by atoms with Crippen LogP contribution in [-0.4, -0.2) is 21.2 Å². The molecule has 124 valence electrons. The predicted octanol–water partition coefficient (Wildman–Crippen LogP) is 5.31. The van der Waals surface area contributed by atoms with Crippen molar-refractivity contribution in [2.45, 2.75) is 26.8 Å². The van der Waals surface area contributed by atoms with E-state index in [2.05, 4.69) is 31.1 Å². The first-order chi connectivity index (χ1) is 13.5. The van der Waals surface area contributed by atoms with Crippen LogP contribution in [0, 0.1) is 6.92 Å². The highest BCUT2D eigenvalue weighted by atomic mass is 79.9. The fraction of sp³-hybridized carbons (Fsp3) is 0.235. The average molecular weight is 414 g/mol. The molecule has 24 heavy (non-hydrogen) atoms. The molecule has 0 aliphatic carbocycles. The lowest BCUT2D eigenvalue weighted by Gasteiger charge is -2.09. The maximum atomic E-state index is 8.26. The van der Waals surface area contributed by atoms with Gasteiger partial charge in [0, 0.05) is 19.0 Å². The first kappa shape index (κ1) is 11.6. The number of rotatable bonds is 4. The third-order valence-corrected chi connectivity index (χ3v) is 4.21. The summed E-state index contributed by atoms with van der Waals surface area (Å²) in [5, 5.41) is 3.64. The molecule has 0 aliphatic rings. The van der Waals surface area contributed by atoms with E-state index in [1.165, 1.54) is 6.92 Å². The van der Waals surface area contributed by atoms with Gasteiger partial charge in [-0.2, -0.15) is 4.98 Å². The van der Waals surface area contributed by atoms with Crippen molar-refractivity contribution < 1.29 is 16.1 Å². The van der Waals surface area contributed by atoms with Gasteiger partial charge in [-0.25, -0.2) is 4.98 Å². The van der Waals surface area contributed by atoms with Crippen LogP contribution in [0.5, 0.6) is 5.88 Å². The summed E-state index contributed by atoms with van der Waals surface area (Å²) in [7, 11) is 0. The number of benzene rings is 1. The molecule has 3 aromatic rings. The zero-order valence-electron chi connectivity index (χ0n) is 17.7. The summed E-state index contributed by atoms with van der Waals surface area (Å²) in [6.45, 7) is 1.42. The van der Waals surface area contributed by atoms with Crippen molar-refractivity contribution >= 4 is 27.5 Å². The van der Waals surface area contributed by atoms with Gasteiger partial charge in [-0.1, -0.05) is 44.8 Å². The van der Waals surface area contributed by atoms with Gasteiger partial charge >= 0.3 is 0 Å². The van der Waals surface area contributed by atoms with E-state index in [9.17, 15) is 0 Å². The molecule has 3 rings (SSSR count). The average Bonchev–Trinajstić information content (AvgIpc) is 3.11. The highest BCUT2D eigenvalue weighted by Crippen LogP contribution is 2.31. The van der Waals surface area contributed by atoms with Crippen LogP contribution < -0.4 is 4.74 Å². The van der Waals surface area contributed by atoms with Crippen LogP contribution in [0.4, 0.5) is 0 Å². The molecule has 2 aromatic heterocycles. The fourth-order valence-corrected chi connectivity index (χ4v) is 2.49. The molecule has 0 bridgehead atoms. The van der Waals surface area contributed by atoms with Crippen molar-refractivity contribution in [1.82, 2.24) is 15.1 Å². The largest absolute Gasteiger partial charge is 0.474 e. The third kappa shape index (κ3) is 3.44. The van der Waals surface area contributed by atoms with E-state index < -0.39 is 19.1 Å². The Kier molecular flexibility index (Phi) is 3.34. The van der Waals surface area contributed by atoms with Crippen molar-refractivity contribution in [2.24, 2.45) is 0 Å². The summed E-state index contributed by atoms with van der Waals surface area (Å²) >= 11 is 9.58. The first-order valence-electron chi connectivity index (χ1n) is 9.48. The van der Waals surface area contributed by atoms with Gasteiger partial charge in [0.2, 0.25) is 11.7 Å². The summed E-state index contributed by atoms with van der Waals surface area (Å²) in [6, 6.07) is 5.17. The summed E-state index contributed by atoms with van der Waals surface area (Å²) in [5.41, 5.74) is 1.52. The molecule has 0 fully saturated rings. The molecule has 0 amide bonds. The van der Waals surface area contributed by atoms with Gasteiger partial charge in [0.05, 0.1) is 15.8 Å². The Bertz CT molecular complexity index is 1080. The second kappa shape index (κ2) is 6.91. The maximum absolute atomic E-state index is 8.26. The lowest BCUT2D eigenvalue weighted by atomic mass is 10.1. The quantitative estimate of drug-likeness (QED) is 0.580. The summed E-state index contributed by atoms with van der Waals surface area (Å²) in [4.78, 5) is 8.13. The van der Waals surface area contributed by atoms with E-state index in [0.717, 1.165) is 10.0 Å². The lowest BCUT2D eigenvalue weighted by Crippen LogP contribution is -2.07. The van der Waals surface area contributed by atoms with Crippen LogP contribution in [0.1, 0.15) is 26.2 Å². The topological polar surface area (TPSA) is 61.0 Å². The smallest absolute Gasteiger partial charge is 0.259 e. The van der Waals surface area contributed by atoms with Crippen molar-refractivity contribution in [3.8, 4) is 28.7 Å². The Balaban J connectivity index is 2.04. The Hall–Kier alpha value is -1.92. The molecular weight excluding hydrogens is 394 g/mol. The molecule has 2 heterocycles. The fourth-order valence-electron chi connectivity index (χ4n) is 1.95. The Morgan fingerprint density at radius 2 is 2.33 bits per heavy atom. The second-order valence-electron chi connectivity index (χ2n) is 4.89. The number of nitrogens with zero attached hydrogens (tertiary/aromatic N) is 3. The summed E-state index contributed by atoms with van der Waals surface area (Å²) in [6.07, 6.45) is -2.40. The van der Waals surface area contributed by atoms with Crippen molar-refractivity contribution in [3.63, 3.8) is 0 Å². The van der Waals surface area contributed by atoms with Crippen LogP contribution >= 0.6 is 27.5 Å². The van der Waals surface area contributed by atoms with Gasteiger partial charge in [-0.3, -0.25) is 0 Å². The molecule has 0 radical (unpaired) electrons. The number of pyridine rings is 1. The molecule has 1 atom stereocenters. The molecule has 7 heteroatoms. The number of hydrogen-bond acceptors (Lipinski definition) is 5. The molecular formula is C17H15BrClN3O2. The van der Waals surface area contributed by atoms with E-state index in [1.807, 2.05) is 25.1 Å². The van der Waals surface area contributed by atoms with Crippen molar-refractivity contribution in [1.29, 1.82) is 0 Å². The van der Waals surface area contributed by atoms with E-state index in [1.54, 1.807) is 0 Å². The molecule has 1 aromatic carbocycles. The van der Waals surface area contributed by atoms with Crippen molar-refractivity contribution in [3.05, 3.63) is 45.5 Å². The Labute approximate surface area is 160 Å². The zero-order valence-corrected chi connectivity index (χ0v) is 15.1. The second-order valence-corrected chi connectivity index (χ2v) is 6.12. The highest BCUT2D eigenvalue weighted by molar-refractivity contribution is 9.10.